The van der Waals surface area contributed by atoms with Crippen LogP contribution in [0.5, 0.6) is 0 Å². The van der Waals surface area contributed by atoms with Crippen LogP contribution in [0.15, 0.2) is 42.5 Å². The third-order valence-electron chi connectivity index (χ3n) is 4.61. The molecule has 0 saturated carbocycles. The molecule has 2 aromatic carbocycles. The fourth-order valence-electron chi connectivity index (χ4n) is 3.20. The zero-order chi connectivity index (χ0) is 19.4. The molecule has 0 bridgehead atoms. The molecule has 2 aromatic rings. The normalized spacial score (nSPS) is 13.3. The van der Waals surface area contributed by atoms with Crippen molar-refractivity contribution in [2.24, 2.45) is 0 Å². The Morgan fingerprint density at radius 1 is 1.04 bits per heavy atom. The fourth-order valence-corrected chi connectivity index (χ4v) is 4.78. The summed E-state index contributed by atoms with van der Waals surface area (Å²) in [6.07, 6.45) is 2.21. The number of anilines is 3. The van der Waals surface area contributed by atoms with Gasteiger partial charge >= 0.3 is 6.03 Å². The summed E-state index contributed by atoms with van der Waals surface area (Å²) in [5.74, 6) is 0.123. The van der Waals surface area contributed by atoms with Gasteiger partial charge < -0.3 is 10.6 Å². The van der Waals surface area contributed by atoms with Gasteiger partial charge in [0.1, 0.15) is 0 Å². The third kappa shape index (κ3) is 4.42. The van der Waals surface area contributed by atoms with Crippen LogP contribution in [0.4, 0.5) is 21.9 Å². The third-order valence-corrected chi connectivity index (χ3v) is 6.59. The molecule has 27 heavy (non-hydrogen) atoms. The standard InChI is InChI=1S/C20H25N3O3S/c1-3-13-27(25,26)23-12-11-16-7-10-18(14-19(16)23)22-20(24)21-17-8-5-15(4-2)6-9-17/h5-10,14H,3-4,11-13H2,1-2H3,(H2,21,22,24). The van der Waals surface area contributed by atoms with Crippen molar-refractivity contribution in [2.45, 2.75) is 33.1 Å². The summed E-state index contributed by atoms with van der Waals surface area (Å²) in [6, 6.07) is 12.7. The number of carbonyl (C=O) groups excluding carboxylic acids is 1. The van der Waals surface area contributed by atoms with Crippen LogP contribution in [0.1, 0.15) is 31.4 Å². The second kappa shape index (κ2) is 8.00. The molecule has 2 amide bonds. The number of hydrogen-bond acceptors (Lipinski definition) is 3. The Morgan fingerprint density at radius 3 is 2.37 bits per heavy atom. The van der Waals surface area contributed by atoms with E-state index in [1.807, 2.05) is 37.3 Å². The number of aryl methyl sites for hydroxylation is 1. The molecule has 0 aliphatic carbocycles. The first-order chi connectivity index (χ1) is 12.9. The van der Waals surface area contributed by atoms with Gasteiger partial charge in [-0.3, -0.25) is 4.31 Å². The number of carbonyl (C=O) groups is 1. The molecule has 0 unspecified atom stereocenters. The van der Waals surface area contributed by atoms with Gasteiger partial charge in [-0.1, -0.05) is 32.0 Å². The average Bonchev–Trinajstić information content (AvgIpc) is 3.06. The van der Waals surface area contributed by atoms with Crippen LogP contribution in [0.2, 0.25) is 0 Å². The maximum Gasteiger partial charge on any atom is 0.323 e. The highest BCUT2D eigenvalue weighted by atomic mass is 32.2. The van der Waals surface area contributed by atoms with Gasteiger partial charge in [0, 0.05) is 17.9 Å². The van der Waals surface area contributed by atoms with Crippen molar-refractivity contribution in [2.75, 3.05) is 27.2 Å². The van der Waals surface area contributed by atoms with Crippen LogP contribution in [0, 0.1) is 0 Å². The van der Waals surface area contributed by atoms with Gasteiger partial charge in [-0.05, 0) is 54.7 Å². The SMILES string of the molecule is CCCS(=O)(=O)N1CCc2ccc(NC(=O)Nc3ccc(CC)cc3)cc21. The summed E-state index contributed by atoms with van der Waals surface area (Å²) in [5, 5.41) is 5.57. The van der Waals surface area contributed by atoms with Gasteiger partial charge in [-0.25, -0.2) is 13.2 Å². The molecule has 1 heterocycles. The first-order valence-electron chi connectivity index (χ1n) is 9.23. The Labute approximate surface area is 160 Å². The summed E-state index contributed by atoms with van der Waals surface area (Å²) in [6.45, 7) is 4.38. The number of nitrogens with one attached hydrogen (secondary N) is 2. The lowest BCUT2D eigenvalue weighted by atomic mass is 10.1. The molecule has 1 aliphatic heterocycles. The van der Waals surface area contributed by atoms with E-state index in [4.69, 9.17) is 0 Å². The number of nitrogens with zero attached hydrogens (tertiary/aromatic N) is 1. The molecule has 0 spiro atoms. The number of urea groups is 1. The van der Waals surface area contributed by atoms with Gasteiger partial charge in [0.05, 0.1) is 11.4 Å². The molecular weight excluding hydrogens is 362 g/mol. The number of benzene rings is 2. The van der Waals surface area contributed by atoms with Crippen LogP contribution in [0.3, 0.4) is 0 Å². The summed E-state index contributed by atoms with van der Waals surface area (Å²) < 4.78 is 26.4. The van der Waals surface area contributed by atoms with E-state index in [0.29, 0.717) is 36.4 Å². The molecule has 0 fully saturated rings. The van der Waals surface area contributed by atoms with Crippen molar-refractivity contribution in [3.8, 4) is 0 Å². The number of hydrogen-bond donors (Lipinski definition) is 2. The van der Waals surface area contributed by atoms with E-state index >= 15 is 0 Å². The van der Waals surface area contributed by atoms with Crippen LogP contribution in [-0.2, 0) is 22.9 Å². The summed E-state index contributed by atoms with van der Waals surface area (Å²) in [7, 11) is -3.32. The quantitative estimate of drug-likeness (QED) is 0.786. The number of fused-ring (bicyclic) bond motifs is 1. The minimum absolute atomic E-state index is 0.123. The van der Waals surface area contributed by atoms with Crippen molar-refractivity contribution in [3.63, 3.8) is 0 Å². The lowest BCUT2D eigenvalue weighted by Gasteiger charge is -2.19. The zero-order valence-electron chi connectivity index (χ0n) is 15.7. The topological polar surface area (TPSA) is 78.5 Å². The van der Waals surface area contributed by atoms with Gasteiger partial charge in [0.15, 0.2) is 0 Å². The van der Waals surface area contributed by atoms with E-state index in [1.54, 1.807) is 12.1 Å². The van der Waals surface area contributed by atoms with Gasteiger partial charge in [-0.15, -0.1) is 0 Å². The Balaban J connectivity index is 1.72. The van der Waals surface area contributed by atoms with Crippen LogP contribution in [-0.4, -0.2) is 26.7 Å². The number of amides is 2. The van der Waals surface area contributed by atoms with Crippen molar-refractivity contribution in [1.29, 1.82) is 0 Å². The van der Waals surface area contributed by atoms with E-state index in [9.17, 15) is 13.2 Å². The molecule has 3 rings (SSSR count). The highest BCUT2D eigenvalue weighted by Crippen LogP contribution is 2.33. The van der Waals surface area contributed by atoms with Gasteiger partial charge in [0.2, 0.25) is 10.0 Å². The van der Waals surface area contributed by atoms with Crippen LogP contribution < -0.4 is 14.9 Å². The zero-order valence-corrected chi connectivity index (χ0v) is 16.5. The lowest BCUT2D eigenvalue weighted by molar-refractivity contribution is 0.262. The van der Waals surface area contributed by atoms with Crippen molar-refractivity contribution < 1.29 is 13.2 Å². The maximum atomic E-state index is 12.4. The van der Waals surface area contributed by atoms with Gasteiger partial charge in [0.25, 0.3) is 0 Å². The van der Waals surface area contributed by atoms with E-state index < -0.39 is 10.0 Å². The highest BCUT2D eigenvalue weighted by Gasteiger charge is 2.28. The number of sulfonamides is 1. The van der Waals surface area contributed by atoms with Gasteiger partial charge in [-0.2, -0.15) is 0 Å². The Morgan fingerprint density at radius 2 is 1.70 bits per heavy atom. The van der Waals surface area contributed by atoms with Crippen molar-refractivity contribution >= 4 is 33.1 Å². The largest absolute Gasteiger partial charge is 0.323 e. The van der Waals surface area contributed by atoms with E-state index in [2.05, 4.69) is 17.6 Å². The van der Waals surface area contributed by atoms with Crippen LogP contribution in [0.25, 0.3) is 0 Å². The minimum Gasteiger partial charge on any atom is -0.308 e. The summed E-state index contributed by atoms with van der Waals surface area (Å²) >= 11 is 0. The Kier molecular flexibility index (Phi) is 5.70. The first kappa shape index (κ1) is 19.2. The lowest BCUT2D eigenvalue weighted by Crippen LogP contribution is -2.31. The maximum absolute atomic E-state index is 12.4. The van der Waals surface area contributed by atoms with Crippen molar-refractivity contribution in [1.82, 2.24) is 0 Å². The highest BCUT2D eigenvalue weighted by molar-refractivity contribution is 7.92. The van der Waals surface area contributed by atoms with E-state index in [0.717, 1.165) is 12.0 Å². The second-order valence-electron chi connectivity index (χ2n) is 6.61. The van der Waals surface area contributed by atoms with E-state index in [-0.39, 0.29) is 11.8 Å². The molecule has 0 aromatic heterocycles. The summed E-state index contributed by atoms with van der Waals surface area (Å²) in [5.41, 5.74) is 4.12. The average molecular weight is 388 g/mol. The molecule has 1 aliphatic rings. The fraction of sp³-hybridized carbons (Fsp3) is 0.350. The summed E-state index contributed by atoms with van der Waals surface area (Å²) in [4.78, 5) is 12.3. The van der Waals surface area contributed by atoms with E-state index in [1.165, 1.54) is 9.87 Å². The Hall–Kier alpha value is -2.54. The number of rotatable bonds is 6. The first-order valence-corrected chi connectivity index (χ1v) is 10.8. The molecule has 144 valence electrons. The van der Waals surface area contributed by atoms with Crippen molar-refractivity contribution in [3.05, 3.63) is 53.6 Å². The molecule has 2 N–H and O–H groups in total. The molecular formula is C20H25N3O3S. The molecule has 0 radical (unpaired) electrons. The predicted molar refractivity (Wildman–Crippen MR) is 110 cm³/mol. The molecule has 6 nitrogen and oxygen atoms in total. The van der Waals surface area contributed by atoms with Crippen LogP contribution >= 0.6 is 0 Å². The Bertz CT molecular complexity index is 924. The second-order valence-corrected chi connectivity index (χ2v) is 8.62. The molecule has 7 heteroatoms. The smallest absolute Gasteiger partial charge is 0.308 e. The molecule has 0 atom stereocenters. The predicted octanol–water partition coefficient (Wildman–Crippen LogP) is 4.00. The molecule has 0 saturated heterocycles. The minimum atomic E-state index is -3.32. The monoisotopic (exact) mass is 387 g/mol.